The maximum absolute atomic E-state index is 13.0. The van der Waals surface area contributed by atoms with Crippen LogP contribution < -0.4 is 0 Å². The van der Waals surface area contributed by atoms with Crippen molar-refractivity contribution in [3.63, 3.8) is 0 Å². The molecule has 1 aromatic rings. The molecule has 1 unspecified atom stereocenters. The van der Waals surface area contributed by atoms with Gasteiger partial charge in [0.2, 0.25) is 0 Å². The third kappa shape index (κ3) is 3.07. The molecule has 19 heavy (non-hydrogen) atoms. The lowest BCUT2D eigenvalue weighted by atomic mass is 9.98. The van der Waals surface area contributed by atoms with Crippen LogP contribution >= 0.6 is 0 Å². The highest BCUT2D eigenvalue weighted by atomic mass is 19.4. The molecule has 0 radical (unpaired) electrons. The molecule has 1 atom stereocenters. The highest BCUT2D eigenvalue weighted by Crippen LogP contribution is 2.39. The average Bonchev–Trinajstić information content (AvgIpc) is 2.75. The zero-order valence-corrected chi connectivity index (χ0v) is 10.2. The summed E-state index contributed by atoms with van der Waals surface area (Å²) in [6, 6.07) is 4.93. The van der Waals surface area contributed by atoms with Crippen molar-refractivity contribution in [2.75, 3.05) is 13.1 Å². The van der Waals surface area contributed by atoms with E-state index in [0.29, 0.717) is 19.4 Å². The van der Waals surface area contributed by atoms with E-state index < -0.39 is 23.8 Å². The lowest BCUT2D eigenvalue weighted by molar-refractivity contribution is -0.139. The number of carboxylic acid groups (broad SMARTS) is 1. The van der Waals surface area contributed by atoms with Gasteiger partial charge in [-0.1, -0.05) is 18.2 Å². The quantitative estimate of drug-likeness (QED) is 0.920. The lowest BCUT2D eigenvalue weighted by Crippen LogP contribution is -2.30. The van der Waals surface area contributed by atoms with E-state index in [1.54, 1.807) is 11.0 Å². The Morgan fingerprint density at radius 2 is 2.05 bits per heavy atom. The van der Waals surface area contributed by atoms with Gasteiger partial charge in [0, 0.05) is 6.04 Å². The van der Waals surface area contributed by atoms with Crippen LogP contribution in [0.4, 0.5) is 13.2 Å². The van der Waals surface area contributed by atoms with E-state index in [0.717, 1.165) is 6.07 Å². The predicted molar refractivity (Wildman–Crippen MR) is 62.6 cm³/mol. The zero-order valence-electron chi connectivity index (χ0n) is 10.2. The van der Waals surface area contributed by atoms with Gasteiger partial charge in [-0.25, -0.2) is 0 Å². The molecule has 0 amide bonds. The van der Waals surface area contributed by atoms with Gasteiger partial charge in [-0.2, -0.15) is 13.2 Å². The first kappa shape index (κ1) is 13.9. The van der Waals surface area contributed by atoms with Crippen molar-refractivity contribution in [3.8, 4) is 0 Å². The smallest absolute Gasteiger partial charge is 0.416 e. The van der Waals surface area contributed by atoms with Gasteiger partial charge in [0.15, 0.2) is 0 Å². The minimum atomic E-state index is -4.41. The number of aliphatic carboxylic acids is 1. The first-order valence-electron chi connectivity index (χ1n) is 6.01. The minimum absolute atomic E-state index is 0.175. The topological polar surface area (TPSA) is 40.5 Å². The van der Waals surface area contributed by atoms with Crippen molar-refractivity contribution in [1.82, 2.24) is 4.90 Å². The number of benzene rings is 1. The Morgan fingerprint density at radius 1 is 1.37 bits per heavy atom. The van der Waals surface area contributed by atoms with E-state index in [-0.39, 0.29) is 12.1 Å². The summed E-state index contributed by atoms with van der Waals surface area (Å²) in [5.74, 6) is -1.02. The Kier molecular flexibility index (Phi) is 3.80. The molecule has 0 aromatic heterocycles. The Morgan fingerprint density at radius 3 is 2.68 bits per heavy atom. The van der Waals surface area contributed by atoms with Gasteiger partial charge in [-0.15, -0.1) is 0 Å². The molecule has 1 heterocycles. The first-order valence-corrected chi connectivity index (χ1v) is 6.01. The molecular formula is C13H14F3NO2. The number of hydrogen-bond donors (Lipinski definition) is 1. The molecule has 0 saturated carbocycles. The number of alkyl halides is 3. The van der Waals surface area contributed by atoms with Gasteiger partial charge in [0.25, 0.3) is 0 Å². The van der Waals surface area contributed by atoms with Crippen LogP contribution in [0, 0.1) is 0 Å². The maximum Gasteiger partial charge on any atom is 0.416 e. The first-order chi connectivity index (χ1) is 8.89. The van der Waals surface area contributed by atoms with Gasteiger partial charge in [0.1, 0.15) is 0 Å². The van der Waals surface area contributed by atoms with Gasteiger partial charge in [-0.05, 0) is 31.0 Å². The van der Waals surface area contributed by atoms with Crippen LogP contribution in [0.2, 0.25) is 0 Å². The van der Waals surface area contributed by atoms with Gasteiger partial charge < -0.3 is 5.11 Å². The zero-order chi connectivity index (χ0) is 14.0. The van der Waals surface area contributed by atoms with Crippen LogP contribution in [-0.4, -0.2) is 29.1 Å². The van der Waals surface area contributed by atoms with Crippen LogP contribution in [0.5, 0.6) is 0 Å². The van der Waals surface area contributed by atoms with Crippen molar-refractivity contribution >= 4 is 5.97 Å². The third-order valence-electron chi connectivity index (χ3n) is 3.33. The second-order valence-electron chi connectivity index (χ2n) is 4.61. The Labute approximate surface area is 108 Å². The monoisotopic (exact) mass is 273 g/mol. The normalized spacial score (nSPS) is 20.7. The van der Waals surface area contributed by atoms with Crippen molar-refractivity contribution in [3.05, 3.63) is 35.4 Å². The molecular weight excluding hydrogens is 259 g/mol. The van der Waals surface area contributed by atoms with Crippen molar-refractivity contribution in [1.29, 1.82) is 0 Å². The Bertz CT molecular complexity index is 473. The number of carbonyl (C=O) groups is 1. The second kappa shape index (κ2) is 5.21. The van der Waals surface area contributed by atoms with E-state index in [2.05, 4.69) is 0 Å². The summed E-state index contributed by atoms with van der Waals surface area (Å²) in [5.41, 5.74) is -0.494. The second-order valence-corrected chi connectivity index (χ2v) is 4.61. The van der Waals surface area contributed by atoms with E-state index in [1.165, 1.54) is 12.1 Å². The average molecular weight is 273 g/mol. The van der Waals surface area contributed by atoms with Crippen LogP contribution in [-0.2, 0) is 11.0 Å². The number of nitrogens with zero attached hydrogens (tertiary/aromatic N) is 1. The van der Waals surface area contributed by atoms with E-state index >= 15 is 0 Å². The summed E-state index contributed by atoms with van der Waals surface area (Å²) >= 11 is 0. The molecule has 6 heteroatoms. The van der Waals surface area contributed by atoms with Gasteiger partial charge >= 0.3 is 12.1 Å². The predicted octanol–water partition coefficient (Wildman–Crippen LogP) is 2.93. The summed E-state index contributed by atoms with van der Waals surface area (Å²) in [7, 11) is 0. The summed E-state index contributed by atoms with van der Waals surface area (Å²) in [4.78, 5) is 12.3. The lowest BCUT2D eigenvalue weighted by Gasteiger charge is -2.25. The van der Waals surface area contributed by atoms with E-state index in [9.17, 15) is 18.0 Å². The summed E-state index contributed by atoms with van der Waals surface area (Å²) in [5, 5.41) is 8.80. The Balaban J connectivity index is 2.33. The van der Waals surface area contributed by atoms with Crippen molar-refractivity contribution < 1.29 is 23.1 Å². The standard InChI is InChI=1S/C13H14F3NO2/c14-13(15,16)10-5-2-1-4-9(10)11-6-3-7-17(11)8-12(18)19/h1-2,4-5,11H,3,6-8H2,(H,18,19). The molecule has 2 rings (SSSR count). The largest absolute Gasteiger partial charge is 0.480 e. The number of halogens is 3. The molecule has 1 aliphatic rings. The molecule has 1 N–H and O–H groups in total. The summed E-state index contributed by atoms with van der Waals surface area (Å²) in [6.07, 6.45) is -3.14. The van der Waals surface area contributed by atoms with Crippen LogP contribution in [0.3, 0.4) is 0 Å². The summed E-state index contributed by atoms with van der Waals surface area (Å²) in [6.45, 7) is 0.292. The molecule has 0 spiro atoms. The number of rotatable bonds is 3. The van der Waals surface area contributed by atoms with Gasteiger partial charge in [0.05, 0.1) is 12.1 Å². The molecule has 1 saturated heterocycles. The van der Waals surface area contributed by atoms with E-state index in [1.807, 2.05) is 0 Å². The highest BCUT2D eigenvalue weighted by Gasteiger charge is 2.37. The maximum atomic E-state index is 13.0. The molecule has 0 bridgehead atoms. The molecule has 104 valence electrons. The molecule has 1 aromatic carbocycles. The fourth-order valence-corrected chi connectivity index (χ4v) is 2.59. The molecule has 1 fully saturated rings. The van der Waals surface area contributed by atoms with Crippen molar-refractivity contribution in [2.45, 2.75) is 25.1 Å². The number of hydrogen-bond acceptors (Lipinski definition) is 2. The fraction of sp³-hybridized carbons (Fsp3) is 0.462. The molecule has 3 nitrogen and oxygen atoms in total. The van der Waals surface area contributed by atoms with Crippen LogP contribution in [0.15, 0.2) is 24.3 Å². The highest BCUT2D eigenvalue weighted by molar-refractivity contribution is 5.69. The van der Waals surface area contributed by atoms with Gasteiger partial charge in [-0.3, -0.25) is 9.69 Å². The SMILES string of the molecule is O=C(O)CN1CCCC1c1ccccc1C(F)(F)F. The number of likely N-dealkylation sites (tertiary alicyclic amines) is 1. The molecule has 0 aliphatic carbocycles. The van der Waals surface area contributed by atoms with Crippen LogP contribution in [0.1, 0.15) is 30.0 Å². The fourth-order valence-electron chi connectivity index (χ4n) is 2.59. The third-order valence-corrected chi connectivity index (χ3v) is 3.33. The number of carboxylic acids is 1. The Hall–Kier alpha value is -1.56. The minimum Gasteiger partial charge on any atom is -0.480 e. The van der Waals surface area contributed by atoms with Crippen LogP contribution in [0.25, 0.3) is 0 Å². The van der Waals surface area contributed by atoms with Crippen molar-refractivity contribution in [2.24, 2.45) is 0 Å². The summed E-state index contributed by atoms with van der Waals surface area (Å²) < 4.78 is 38.9. The van der Waals surface area contributed by atoms with E-state index in [4.69, 9.17) is 5.11 Å². The molecule has 1 aliphatic heterocycles.